The maximum absolute atomic E-state index is 13.5. The van der Waals surface area contributed by atoms with Gasteiger partial charge in [0.1, 0.15) is 17.8 Å². The van der Waals surface area contributed by atoms with Crippen molar-refractivity contribution in [2.45, 2.75) is 38.6 Å². The van der Waals surface area contributed by atoms with Crippen molar-refractivity contribution in [2.24, 2.45) is 0 Å². The minimum atomic E-state index is 0.0354. The molecule has 0 saturated heterocycles. The summed E-state index contributed by atoms with van der Waals surface area (Å²) in [7, 11) is 1.59. The summed E-state index contributed by atoms with van der Waals surface area (Å²) >= 11 is 0. The summed E-state index contributed by atoms with van der Waals surface area (Å²) in [5, 5.41) is 11.3. The Hall–Kier alpha value is -3.22. The summed E-state index contributed by atoms with van der Waals surface area (Å²) in [5.74, 6) is 0.649. The molecule has 1 amide bonds. The Morgan fingerprint density at radius 2 is 2.07 bits per heavy atom. The number of rotatable bonds is 6. The van der Waals surface area contributed by atoms with Crippen LogP contribution in [0.15, 0.2) is 48.8 Å². The minimum Gasteiger partial charge on any atom is -0.494 e. The first-order valence-corrected chi connectivity index (χ1v) is 10.0. The van der Waals surface area contributed by atoms with Gasteiger partial charge in [-0.1, -0.05) is 31.2 Å². The Bertz CT molecular complexity index is 987. The molecule has 150 valence electrons. The van der Waals surface area contributed by atoms with Crippen molar-refractivity contribution >= 4 is 5.91 Å². The third kappa shape index (κ3) is 3.85. The second-order valence-corrected chi connectivity index (χ2v) is 7.30. The number of ether oxygens (including phenoxy) is 1. The molecule has 0 radical (unpaired) electrons. The van der Waals surface area contributed by atoms with Gasteiger partial charge >= 0.3 is 0 Å². The number of tetrazole rings is 1. The first kappa shape index (κ1) is 19.1. The van der Waals surface area contributed by atoms with Crippen LogP contribution in [-0.2, 0) is 12.8 Å². The predicted molar refractivity (Wildman–Crippen MR) is 109 cm³/mol. The molecule has 0 fully saturated rings. The molecule has 7 nitrogen and oxygen atoms in total. The van der Waals surface area contributed by atoms with Crippen LogP contribution in [-0.4, -0.2) is 50.7 Å². The van der Waals surface area contributed by atoms with Gasteiger partial charge in [0, 0.05) is 18.2 Å². The van der Waals surface area contributed by atoms with Crippen molar-refractivity contribution < 1.29 is 9.53 Å². The van der Waals surface area contributed by atoms with Crippen molar-refractivity contribution in [2.75, 3.05) is 13.7 Å². The van der Waals surface area contributed by atoms with Crippen molar-refractivity contribution in [3.05, 3.63) is 65.5 Å². The number of amides is 1. The number of hydrogen-bond acceptors (Lipinski definition) is 5. The number of nitrogens with zero attached hydrogens (tertiary/aromatic N) is 5. The van der Waals surface area contributed by atoms with E-state index in [1.165, 1.54) is 22.1 Å². The number of aromatic nitrogens is 4. The zero-order valence-corrected chi connectivity index (χ0v) is 16.8. The molecule has 1 aliphatic rings. The van der Waals surface area contributed by atoms with Crippen LogP contribution < -0.4 is 4.74 Å². The largest absolute Gasteiger partial charge is 0.494 e. The van der Waals surface area contributed by atoms with Gasteiger partial charge in [0.2, 0.25) is 0 Å². The molecular formula is C22H25N5O2. The molecule has 0 spiro atoms. The average Bonchev–Trinajstić information content (AvgIpc) is 3.31. The monoisotopic (exact) mass is 391 g/mol. The van der Waals surface area contributed by atoms with Crippen molar-refractivity contribution in [3.8, 4) is 11.4 Å². The van der Waals surface area contributed by atoms with Crippen molar-refractivity contribution in [1.29, 1.82) is 0 Å². The van der Waals surface area contributed by atoms with Gasteiger partial charge in [-0.25, -0.2) is 0 Å². The lowest BCUT2D eigenvalue weighted by Gasteiger charge is -2.35. The van der Waals surface area contributed by atoms with Gasteiger partial charge in [0.15, 0.2) is 0 Å². The fraction of sp³-hybridized carbons (Fsp3) is 0.364. The molecule has 1 aromatic heterocycles. The molecule has 29 heavy (non-hydrogen) atoms. The lowest BCUT2D eigenvalue weighted by molar-refractivity contribution is 0.0661. The number of benzene rings is 2. The standard InChI is InChI=1S/C22H25N5O2/c1-3-12-26(19-10-8-16-6-4-5-7-17(16)13-19)22(28)18-9-11-21(29-2)20(14-18)27-15-23-24-25-27/h4-7,9,11,14-15,19H,3,8,10,12-13H2,1-2H3. The quantitative estimate of drug-likeness (QED) is 0.646. The van der Waals surface area contributed by atoms with Crippen LogP contribution in [0.1, 0.15) is 41.3 Å². The normalized spacial score (nSPS) is 15.6. The van der Waals surface area contributed by atoms with Crippen LogP contribution in [0.3, 0.4) is 0 Å². The van der Waals surface area contributed by atoms with Gasteiger partial charge in [0.25, 0.3) is 5.91 Å². The molecule has 0 bridgehead atoms. The Balaban J connectivity index is 1.63. The molecule has 0 aliphatic heterocycles. The predicted octanol–water partition coefficient (Wildman–Crippen LogP) is 3.08. The highest BCUT2D eigenvalue weighted by atomic mass is 16.5. The van der Waals surface area contributed by atoms with E-state index < -0.39 is 0 Å². The molecule has 1 aliphatic carbocycles. The van der Waals surface area contributed by atoms with Crippen LogP contribution in [0.5, 0.6) is 5.75 Å². The molecule has 1 heterocycles. The van der Waals surface area contributed by atoms with Gasteiger partial charge in [-0.15, -0.1) is 5.10 Å². The topological polar surface area (TPSA) is 73.1 Å². The molecule has 1 unspecified atom stereocenters. The smallest absolute Gasteiger partial charge is 0.254 e. The van der Waals surface area contributed by atoms with Gasteiger partial charge in [0.05, 0.1) is 7.11 Å². The summed E-state index contributed by atoms with van der Waals surface area (Å²) in [6.07, 6.45) is 5.30. The molecular weight excluding hydrogens is 366 g/mol. The second kappa shape index (κ2) is 8.43. The SMILES string of the molecule is CCCN(C(=O)c1ccc(OC)c(-n2cnnn2)c1)C1CCc2ccccc2C1. The van der Waals surface area contributed by atoms with Crippen LogP contribution in [0.4, 0.5) is 0 Å². The van der Waals surface area contributed by atoms with E-state index in [4.69, 9.17) is 4.74 Å². The van der Waals surface area contributed by atoms with Crippen LogP contribution >= 0.6 is 0 Å². The summed E-state index contributed by atoms with van der Waals surface area (Å²) in [6, 6.07) is 14.2. The summed E-state index contributed by atoms with van der Waals surface area (Å²) in [5.41, 5.74) is 4.01. The number of fused-ring (bicyclic) bond motifs is 1. The van der Waals surface area contributed by atoms with E-state index in [0.29, 0.717) is 17.0 Å². The molecule has 1 atom stereocenters. The van der Waals surface area contributed by atoms with Crippen LogP contribution in [0.2, 0.25) is 0 Å². The average molecular weight is 391 g/mol. The van der Waals surface area contributed by atoms with Crippen LogP contribution in [0, 0.1) is 0 Å². The van der Waals surface area contributed by atoms with E-state index in [0.717, 1.165) is 32.2 Å². The number of carbonyl (C=O) groups is 1. The highest BCUT2D eigenvalue weighted by molar-refractivity contribution is 5.95. The Labute approximate surface area is 170 Å². The maximum Gasteiger partial charge on any atom is 0.254 e. The lowest BCUT2D eigenvalue weighted by Crippen LogP contribution is -2.44. The Kier molecular flexibility index (Phi) is 5.55. The van der Waals surface area contributed by atoms with E-state index >= 15 is 0 Å². The van der Waals surface area contributed by atoms with Gasteiger partial charge in [-0.2, -0.15) is 4.68 Å². The van der Waals surface area contributed by atoms with Gasteiger partial charge < -0.3 is 9.64 Å². The summed E-state index contributed by atoms with van der Waals surface area (Å²) in [4.78, 5) is 15.5. The van der Waals surface area contributed by atoms with E-state index in [1.54, 1.807) is 19.2 Å². The molecule has 0 N–H and O–H groups in total. The van der Waals surface area contributed by atoms with Gasteiger partial charge in [-0.3, -0.25) is 4.79 Å². The zero-order chi connectivity index (χ0) is 20.2. The minimum absolute atomic E-state index is 0.0354. The van der Waals surface area contributed by atoms with E-state index in [1.807, 2.05) is 11.0 Å². The van der Waals surface area contributed by atoms with Crippen molar-refractivity contribution in [3.63, 3.8) is 0 Å². The fourth-order valence-electron chi connectivity index (χ4n) is 4.07. The lowest BCUT2D eigenvalue weighted by atomic mass is 9.87. The van der Waals surface area contributed by atoms with Gasteiger partial charge in [-0.05, 0) is 65.4 Å². The Morgan fingerprint density at radius 1 is 1.24 bits per heavy atom. The summed E-state index contributed by atoms with van der Waals surface area (Å²) in [6.45, 7) is 2.84. The number of hydrogen-bond donors (Lipinski definition) is 0. The first-order chi connectivity index (χ1) is 14.2. The molecule has 4 rings (SSSR count). The molecule has 7 heteroatoms. The summed E-state index contributed by atoms with van der Waals surface area (Å²) < 4.78 is 6.94. The third-order valence-corrected chi connectivity index (χ3v) is 5.51. The number of methoxy groups -OCH3 is 1. The first-order valence-electron chi connectivity index (χ1n) is 10.0. The second-order valence-electron chi connectivity index (χ2n) is 7.30. The molecule has 0 saturated carbocycles. The fourth-order valence-corrected chi connectivity index (χ4v) is 4.07. The highest BCUT2D eigenvalue weighted by Crippen LogP contribution is 2.28. The maximum atomic E-state index is 13.5. The van der Waals surface area contributed by atoms with E-state index in [9.17, 15) is 4.79 Å². The number of aryl methyl sites for hydroxylation is 1. The van der Waals surface area contributed by atoms with Crippen LogP contribution in [0.25, 0.3) is 5.69 Å². The number of carbonyl (C=O) groups excluding carboxylic acids is 1. The van der Waals surface area contributed by atoms with E-state index in [-0.39, 0.29) is 11.9 Å². The Morgan fingerprint density at radius 3 is 2.79 bits per heavy atom. The third-order valence-electron chi connectivity index (χ3n) is 5.51. The van der Waals surface area contributed by atoms with Crippen molar-refractivity contribution in [1.82, 2.24) is 25.1 Å². The highest BCUT2D eigenvalue weighted by Gasteiger charge is 2.28. The molecule has 2 aromatic carbocycles. The molecule has 3 aromatic rings. The zero-order valence-electron chi connectivity index (χ0n) is 16.8. The van der Waals surface area contributed by atoms with E-state index in [2.05, 4.69) is 46.7 Å².